The molecule has 1 N–H and O–H groups in total. The van der Waals surface area contributed by atoms with Gasteiger partial charge in [0, 0.05) is 24.9 Å². The molecule has 1 heterocycles. The molecular formula is C12H20N2O2. The van der Waals surface area contributed by atoms with Crippen LogP contribution < -0.4 is 0 Å². The average Bonchev–Trinajstić information content (AvgIpc) is 3.02. The lowest BCUT2D eigenvalue weighted by atomic mass is 10.0. The highest BCUT2D eigenvalue weighted by Crippen LogP contribution is 2.39. The van der Waals surface area contributed by atoms with E-state index in [1.807, 2.05) is 24.7 Å². The molecule has 4 heteroatoms. The number of ether oxygens (including phenoxy) is 1. The molecule has 1 fully saturated rings. The molecule has 90 valence electrons. The van der Waals surface area contributed by atoms with E-state index in [0.29, 0.717) is 12.5 Å². The second-order valence-electron chi connectivity index (χ2n) is 4.33. The first-order valence-corrected chi connectivity index (χ1v) is 6.08. The molecule has 1 aliphatic carbocycles. The van der Waals surface area contributed by atoms with Gasteiger partial charge in [-0.05, 0) is 32.6 Å². The smallest absolute Gasteiger partial charge is 0.108 e. The highest BCUT2D eigenvalue weighted by molar-refractivity contribution is 5.11. The fourth-order valence-electron chi connectivity index (χ4n) is 2.00. The van der Waals surface area contributed by atoms with Gasteiger partial charge < -0.3 is 9.84 Å². The SMILES string of the molecule is CCOC(C1CC1)C(O)c1cnn(CC)c1. The summed E-state index contributed by atoms with van der Waals surface area (Å²) < 4.78 is 7.47. The van der Waals surface area contributed by atoms with Crippen LogP contribution in [0.4, 0.5) is 0 Å². The lowest BCUT2D eigenvalue weighted by molar-refractivity contribution is -0.0462. The molecule has 0 amide bonds. The van der Waals surface area contributed by atoms with Crippen molar-refractivity contribution in [1.29, 1.82) is 0 Å². The van der Waals surface area contributed by atoms with Crippen molar-refractivity contribution in [3.05, 3.63) is 18.0 Å². The molecule has 1 aromatic rings. The molecule has 1 aliphatic rings. The highest BCUT2D eigenvalue weighted by Gasteiger charge is 2.37. The molecule has 1 saturated carbocycles. The van der Waals surface area contributed by atoms with Gasteiger partial charge in [-0.15, -0.1) is 0 Å². The van der Waals surface area contributed by atoms with Gasteiger partial charge in [0.15, 0.2) is 0 Å². The van der Waals surface area contributed by atoms with Gasteiger partial charge in [-0.2, -0.15) is 5.10 Å². The molecule has 0 radical (unpaired) electrons. The summed E-state index contributed by atoms with van der Waals surface area (Å²) >= 11 is 0. The summed E-state index contributed by atoms with van der Waals surface area (Å²) in [5.41, 5.74) is 0.868. The predicted molar refractivity (Wildman–Crippen MR) is 61.0 cm³/mol. The van der Waals surface area contributed by atoms with Crippen molar-refractivity contribution in [3.8, 4) is 0 Å². The number of hydrogen-bond acceptors (Lipinski definition) is 3. The summed E-state index contributed by atoms with van der Waals surface area (Å²) in [4.78, 5) is 0. The summed E-state index contributed by atoms with van der Waals surface area (Å²) in [7, 11) is 0. The molecule has 2 rings (SSSR count). The third-order valence-corrected chi connectivity index (χ3v) is 3.08. The summed E-state index contributed by atoms with van der Waals surface area (Å²) in [6, 6.07) is 0. The summed E-state index contributed by atoms with van der Waals surface area (Å²) in [6.07, 6.45) is 5.39. The number of aryl methyl sites for hydroxylation is 1. The molecule has 0 aromatic carbocycles. The maximum absolute atomic E-state index is 10.3. The van der Waals surface area contributed by atoms with Crippen molar-refractivity contribution in [2.75, 3.05) is 6.61 Å². The predicted octanol–water partition coefficient (Wildman–Crippen LogP) is 1.75. The Morgan fingerprint density at radius 3 is 2.81 bits per heavy atom. The van der Waals surface area contributed by atoms with E-state index in [2.05, 4.69) is 5.10 Å². The summed E-state index contributed by atoms with van der Waals surface area (Å²) in [5.74, 6) is 0.528. The molecule has 16 heavy (non-hydrogen) atoms. The lowest BCUT2D eigenvalue weighted by Crippen LogP contribution is -2.24. The van der Waals surface area contributed by atoms with Crippen LogP contribution in [-0.2, 0) is 11.3 Å². The van der Waals surface area contributed by atoms with Crippen LogP contribution in [0.1, 0.15) is 38.4 Å². The van der Waals surface area contributed by atoms with Gasteiger partial charge in [0.05, 0.1) is 12.3 Å². The Morgan fingerprint density at radius 2 is 2.31 bits per heavy atom. The van der Waals surface area contributed by atoms with E-state index in [0.717, 1.165) is 12.1 Å². The Morgan fingerprint density at radius 1 is 1.56 bits per heavy atom. The zero-order valence-electron chi connectivity index (χ0n) is 9.97. The monoisotopic (exact) mass is 224 g/mol. The van der Waals surface area contributed by atoms with E-state index >= 15 is 0 Å². The van der Waals surface area contributed by atoms with Crippen molar-refractivity contribution in [3.63, 3.8) is 0 Å². The molecule has 0 spiro atoms. The third kappa shape index (κ3) is 2.44. The van der Waals surface area contributed by atoms with Crippen molar-refractivity contribution >= 4 is 0 Å². The van der Waals surface area contributed by atoms with Gasteiger partial charge in [0.1, 0.15) is 6.10 Å². The van der Waals surface area contributed by atoms with E-state index in [1.54, 1.807) is 6.20 Å². The first-order chi connectivity index (χ1) is 7.76. The van der Waals surface area contributed by atoms with Crippen molar-refractivity contribution in [2.45, 2.75) is 45.4 Å². The van der Waals surface area contributed by atoms with Crippen LogP contribution >= 0.6 is 0 Å². The standard InChI is InChI=1S/C12H20N2O2/c1-3-14-8-10(7-13-14)11(15)12(16-4-2)9-5-6-9/h7-9,11-12,15H,3-6H2,1-2H3. The average molecular weight is 224 g/mol. The zero-order chi connectivity index (χ0) is 11.5. The first kappa shape index (κ1) is 11.6. The van der Waals surface area contributed by atoms with Gasteiger partial charge in [0.2, 0.25) is 0 Å². The van der Waals surface area contributed by atoms with E-state index < -0.39 is 6.10 Å². The Kier molecular flexibility index (Phi) is 3.61. The van der Waals surface area contributed by atoms with E-state index in [9.17, 15) is 5.11 Å². The van der Waals surface area contributed by atoms with Crippen molar-refractivity contribution in [1.82, 2.24) is 9.78 Å². The van der Waals surface area contributed by atoms with Crippen molar-refractivity contribution in [2.24, 2.45) is 5.92 Å². The number of aromatic nitrogens is 2. The van der Waals surface area contributed by atoms with Gasteiger partial charge in [-0.1, -0.05) is 0 Å². The van der Waals surface area contributed by atoms with E-state index in [1.165, 1.54) is 12.8 Å². The number of hydrogen-bond donors (Lipinski definition) is 1. The fraction of sp³-hybridized carbons (Fsp3) is 0.750. The van der Waals surface area contributed by atoms with Crippen LogP contribution in [0.25, 0.3) is 0 Å². The van der Waals surface area contributed by atoms with Gasteiger partial charge in [-0.25, -0.2) is 0 Å². The maximum atomic E-state index is 10.3. The topological polar surface area (TPSA) is 47.3 Å². The summed E-state index contributed by atoms with van der Waals surface area (Å²) in [5, 5.41) is 14.4. The Balaban J connectivity index is 2.05. The summed E-state index contributed by atoms with van der Waals surface area (Å²) in [6.45, 7) is 5.48. The normalized spacial score (nSPS) is 19.7. The molecular weight excluding hydrogens is 204 g/mol. The number of rotatable bonds is 6. The quantitative estimate of drug-likeness (QED) is 0.800. The van der Waals surface area contributed by atoms with Gasteiger partial charge in [0.25, 0.3) is 0 Å². The fourth-order valence-corrected chi connectivity index (χ4v) is 2.00. The molecule has 0 saturated heterocycles. The number of aliphatic hydroxyl groups is 1. The highest BCUT2D eigenvalue weighted by atomic mass is 16.5. The largest absolute Gasteiger partial charge is 0.386 e. The Hall–Kier alpha value is -0.870. The molecule has 0 aliphatic heterocycles. The maximum Gasteiger partial charge on any atom is 0.108 e. The van der Waals surface area contributed by atoms with Crippen LogP contribution in [0, 0.1) is 5.92 Å². The minimum Gasteiger partial charge on any atom is -0.386 e. The van der Waals surface area contributed by atoms with E-state index in [-0.39, 0.29) is 6.10 Å². The Labute approximate surface area is 96.2 Å². The second-order valence-corrected chi connectivity index (χ2v) is 4.33. The van der Waals surface area contributed by atoms with Gasteiger partial charge in [-0.3, -0.25) is 4.68 Å². The Bertz CT molecular complexity index is 334. The number of aliphatic hydroxyl groups excluding tert-OH is 1. The van der Waals surface area contributed by atoms with E-state index in [4.69, 9.17) is 4.74 Å². The van der Waals surface area contributed by atoms with Crippen LogP contribution in [-0.4, -0.2) is 27.6 Å². The molecule has 2 atom stereocenters. The van der Waals surface area contributed by atoms with Gasteiger partial charge >= 0.3 is 0 Å². The van der Waals surface area contributed by atoms with Crippen LogP contribution in [0.5, 0.6) is 0 Å². The first-order valence-electron chi connectivity index (χ1n) is 6.08. The molecule has 2 unspecified atom stereocenters. The molecule has 1 aromatic heterocycles. The van der Waals surface area contributed by atoms with Crippen molar-refractivity contribution < 1.29 is 9.84 Å². The molecule has 0 bridgehead atoms. The minimum absolute atomic E-state index is 0.0560. The van der Waals surface area contributed by atoms with Crippen LogP contribution in [0.15, 0.2) is 12.4 Å². The number of nitrogens with zero attached hydrogens (tertiary/aromatic N) is 2. The minimum atomic E-state index is -0.534. The third-order valence-electron chi connectivity index (χ3n) is 3.08. The molecule has 4 nitrogen and oxygen atoms in total. The zero-order valence-corrected chi connectivity index (χ0v) is 9.97. The van der Waals surface area contributed by atoms with Crippen LogP contribution in [0.3, 0.4) is 0 Å². The van der Waals surface area contributed by atoms with Crippen LogP contribution in [0.2, 0.25) is 0 Å². The second kappa shape index (κ2) is 4.97. The lowest BCUT2D eigenvalue weighted by Gasteiger charge is -2.21.